The molecule has 0 unspecified atom stereocenters. The molecule has 9 nitrogen and oxygen atoms in total. The third-order valence-electron chi connectivity index (χ3n) is 12.1. The van der Waals surface area contributed by atoms with Crippen LogP contribution in [0.5, 0.6) is 5.75 Å². The monoisotopic (exact) mass is 746 g/mol. The van der Waals surface area contributed by atoms with Gasteiger partial charge in [0.1, 0.15) is 5.75 Å². The second kappa shape index (κ2) is 13.9. The van der Waals surface area contributed by atoms with Crippen LogP contribution in [0, 0.1) is 11.8 Å². The number of hydrogen-bond donors (Lipinski definition) is 1. The highest BCUT2D eigenvalue weighted by Gasteiger charge is 2.45. The number of nitrogens with zero attached hydrogens (tertiary/aromatic N) is 3. The number of ether oxygens (including phenoxy) is 2. The molecule has 2 aromatic carbocycles. The zero-order valence-electron chi connectivity index (χ0n) is 29.7. The van der Waals surface area contributed by atoms with E-state index in [4.69, 9.17) is 21.1 Å². The fourth-order valence-electron chi connectivity index (χ4n) is 8.50. The molecule has 2 fully saturated rings. The van der Waals surface area contributed by atoms with E-state index in [0.717, 1.165) is 32.1 Å². The third-order valence-corrected chi connectivity index (χ3v) is 13.6. The zero-order chi connectivity index (χ0) is 36.2. The number of likely N-dealkylation sites (N-methyl/N-ethyl adjacent to an activating group) is 1. The van der Waals surface area contributed by atoms with Crippen LogP contribution in [0.4, 0.5) is 14.5 Å². The maximum Gasteiger partial charge on any atom is 0.264 e. The lowest BCUT2D eigenvalue weighted by Crippen LogP contribution is -2.54. The Morgan fingerprint density at radius 1 is 1.10 bits per heavy atom. The number of sulfonamides is 1. The van der Waals surface area contributed by atoms with Crippen LogP contribution in [0.3, 0.4) is 0 Å². The van der Waals surface area contributed by atoms with Gasteiger partial charge in [0.2, 0.25) is 0 Å². The highest BCUT2D eigenvalue weighted by atomic mass is 35.5. The fourth-order valence-corrected chi connectivity index (χ4v) is 9.82. The number of carbonyl (C=O) groups is 1. The summed E-state index contributed by atoms with van der Waals surface area (Å²) in [4.78, 5) is 19.4. The number of nitrogens with one attached hydrogen (secondary N) is 1. The number of likely N-dealkylation sites (tertiary alicyclic amines) is 1. The van der Waals surface area contributed by atoms with Gasteiger partial charge < -0.3 is 14.4 Å². The first-order valence-corrected chi connectivity index (χ1v) is 20.0. The fraction of sp³-hybridized carbons (Fsp3) is 0.605. The Morgan fingerprint density at radius 2 is 1.92 bits per heavy atom. The maximum atomic E-state index is 13.9. The predicted molar refractivity (Wildman–Crippen MR) is 193 cm³/mol. The van der Waals surface area contributed by atoms with Crippen molar-refractivity contribution in [2.75, 3.05) is 64.4 Å². The van der Waals surface area contributed by atoms with Crippen molar-refractivity contribution in [3.8, 4) is 5.75 Å². The van der Waals surface area contributed by atoms with Gasteiger partial charge in [-0.25, -0.2) is 21.9 Å². The van der Waals surface area contributed by atoms with E-state index in [2.05, 4.69) is 21.8 Å². The van der Waals surface area contributed by atoms with Gasteiger partial charge >= 0.3 is 0 Å². The third kappa shape index (κ3) is 7.40. The van der Waals surface area contributed by atoms with Crippen LogP contribution < -0.4 is 14.4 Å². The quantitative estimate of drug-likeness (QED) is 0.402. The van der Waals surface area contributed by atoms with Crippen LogP contribution in [0.1, 0.15) is 57.1 Å². The van der Waals surface area contributed by atoms with Crippen molar-refractivity contribution in [1.29, 1.82) is 0 Å². The van der Waals surface area contributed by atoms with Gasteiger partial charge in [-0.2, -0.15) is 0 Å². The number of benzene rings is 2. The summed E-state index contributed by atoms with van der Waals surface area (Å²) in [7, 11) is -2.43. The molecular formula is C38H49ClF2N4O5S. The van der Waals surface area contributed by atoms with Gasteiger partial charge in [-0.3, -0.25) is 14.6 Å². The highest BCUT2D eigenvalue weighted by Crippen LogP contribution is 2.47. The van der Waals surface area contributed by atoms with Crippen LogP contribution in [0.2, 0.25) is 5.02 Å². The van der Waals surface area contributed by atoms with E-state index in [1.165, 1.54) is 17.2 Å². The normalized spacial score (nSPS) is 31.1. The average Bonchev–Trinajstić information content (AvgIpc) is 3.33. The number of alkyl halides is 2. The number of carbonyl (C=O) groups excluding carboxylic acids is 1. The molecular weight excluding hydrogens is 698 g/mol. The molecule has 5 aliphatic rings. The summed E-state index contributed by atoms with van der Waals surface area (Å²) in [6.07, 6.45) is 8.39. The van der Waals surface area contributed by atoms with Crippen LogP contribution in [0.15, 0.2) is 53.4 Å². The van der Waals surface area contributed by atoms with Crippen molar-refractivity contribution in [3.63, 3.8) is 0 Å². The summed E-state index contributed by atoms with van der Waals surface area (Å²) in [5.74, 6) is -2.29. The van der Waals surface area contributed by atoms with Gasteiger partial charge in [-0.1, -0.05) is 29.8 Å². The Hall–Kier alpha value is -2.77. The minimum absolute atomic E-state index is 0.000668. The lowest BCUT2D eigenvalue weighted by atomic mass is 9.68. The first kappa shape index (κ1) is 36.6. The van der Waals surface area contributed by atoms with Crippen molar-refractivity contribution in [2.24, 2.45) is 11.8 Å². The van der Waals surface area contributed by atoms with Gasteiger partial charge in [0, 0.05) is 49.6 Å². The number of amides is 1. The molecule has 51 heavy (non-hydrogen) atoms. The van der Waals surface area contributed by atoms with E-state index in [9.17, 15) is 22.0 Å². The molecule has 1 saturated carbocycles. The van der Waals surface area contributed by atoms with Crippen molar-refractivity contribution in [2.45, 2.75) is 80.2 Å². The van der Waals surface area contributed by atoms with Crippen molar-refractivity contribution < 1.29 is 31.5 Å². The van der Waals surface area contributed by atoms with Crippen molar-refractivity contribution in [1.82, 2.24) is 14.5 Å². The maximum absolute atomic E-state index is 13.9. The first-order valence-electron chi connectivity index (χ1n) is 18.1. The van der Waals surface area contributed by atoms with Crippen LogP contribution in [-0.4, -0.2) is 101 Å². The van der Waals surface area contributed by atoms with E-state index in [1.54, 1.807) is 42.8 Å². The Labute approximate surface area is 305 Å². The molecule has 1 saturated heterocycles. The molecule has 1 spiro atoms. The first-order chi connectivity index (χ1) is 24.2. The topological polar surface area (TPSA) is 91.4 Å². The Kier molecular flexibility index (Phi) is 9.97. The Morgan fingerprint density at radius 3 is 2.67 bits per heavy atom. The molecule has 2 bridgehead atoms. The summed E-state index contributed by atoms with van der Waals surface area (Å²) in [6, 6.07) is 11.0. The number of halogens is 3. The Balaban J connectivity index is 1.24. The number of hydrogen-bond acceptors (Lipinski definition) is 8. The molecule has 1 amide bonds. The number of anilines is 1. The summed E-state index contributed by atoms with van der Waals surface area (Å²) >= 11 is 6.44. The minimum Gasteiger partial charge on any atom is -0.490 e. The van der Waals surface area contributed by atoms with Crippen molar-refractivity contribution >= 4 is 33.2 Å². The van der Waals surface area contributed by atoms with E-state index in [1.807, 2.05) is 18.2 Å². The van der Waals surface area contributed by atoms with Gasteiger partial charge in [0.05, 0.1) is 42.0 Å². The predicted octanol–water partition coefficient (Wildman–Crippen LogP) is 5.65. The molecule has 2 aromatic rings. The molecule has 0 radical (unpaired) electrons. The van der Waals surface area contributed by atoms with Crippen molar-refractivity contribution in [3.05, 3.63) is 64.7 Å². The highest BCUT2D eigenvalue weighted by molar-refractivity contribution is 7.90. The van der Waals surface area contributed by atoms with Crippen LogP contribution in [0.25, 0.3) is 0 Å². The second-order valence-corrected chi connectivity index (χ2v) is 17.9. The standard InChI is InChI=1S/C38H49ClF2N4O5S/c1-36(2)35(46)42-51(47,48)29-10-13-34-32(21-29)45(23-37(25-50-34)14-4-6-26-20-28(39)9-12-31(26)37)22-27-8-11-30(27)33(7-5-16-43(36)3)49-19-18-44-17-15-38(40,41)24-44/h5,7,9-10,12-13,20-21,27,30,33H,4,6,8,11,14-19,22-25H2,1-3H3,(H,42,46)/b7-5-/t27-,30+,33-,37-/m0/s1. The lowest BCUT2D eigenvalue weighted by molar-refractivity contribution is -0.128. The SMILES string of the molecule is CN1C/C=C\[C@H](OCCN2CCC(F)(F)C2)[C@@H]2CC[C@H]2CN2C[C@@]3(CCCc4cc(Cl)ccc43)COc3ccc(cc32)S(=O)(=O)NC(=O)C1(C)C. The molecule has 3 heterocycles. The molecule has 13 heteroatoms. The van der Waals surface area contributed by atoms with Gasteiger partial charge in [0.15, 0.2) is 0 Å². The molecule has 1 N–H and O–H groups in total. The van der Waals surface area contributed by atoms with Crippen LogP contribution >= 0.6 is 11.6 Å². The van der Waals surface area contributed by atoms with E-state index in [0.29, 0.717) is 62.4 Å². The van der Waals surface area contributed by atoms with E-state index < -0.39 is 27.4 Å². The largest absolute Gasteiger partial charge is 0.490 e. The molecule has 278 valence electrons. The van der Waals surface area contributed by atoms with Gasteiger partial charge in [-0.05, 0) is 106 Å². The van der Waals surface area contributed by atoms with E-state index in [-0.39, 0.29) is 41.2 Å². The molecule has 0 aromatic heterocycles. The lowest BCUT2D eigenvalue weighted by Gasteiger charge is -2.46. The zero-order valence-corrected chi connectivity index (χ0v) is 31.2. The Bertz CT molecular complexity index is 1790. The summed E-state index contributed by atoms with van der Waals surface area (Å²) in [6.45, 7) is 6.36. The molecule has 4 atom stereocenters. The number of aryl methyl sites for hydroxylation is 1. The minimum atomic E-state index is -4.21. The smallest absolute Gasteiger partial charge is 0.264 e. The second-order valence-electron chi connectivity index (χ2n) is 15.8. The number of fused-ring (bicyclic) bond motifs is 4. The molecule has 2 aliphatic carbocycles. The van der Waals surface area contributed by atoms with Gasteiger partial charge in [-0.15, -0.1) is 0 Å². The number of rotatable bonds is 4. The van der Waals surface area contributed by atoms with Crippen LogP contribution in [-0.2, 0) is 31.4 Å². The summed E-state index contributed by atoms with van der Waals surface area (Å²) < 4.78 is 70.8. The summed E-state index contributed by atoms with van der Waals surface area (Å²) in [5, 5.41) is 0.703. The summed E-state index contributed by atoms with van der Waals surface area (Å²) in [5.41, 5.74) is 1.61. The molecule has 7 rings (SSSR count). The van der Waals surface area contributed by atoms with E-state index >= 15 is 0 Å². The molecule has 3 aliphatic heterocycles. The van der Waals surface area contributed by atoms with Gasteiger partial charge in [0.25, 0.3) is 21.9 Å². The average molecular weight is 747 g/mol.